The summed E-state index contributed by atoms with van der Waals surface area (Å²) < 4.78 is 15.9. The van der Waals surface area contributed by atoms with Crippen molar-refractivity contribution in [3.05, 3.63) is 53.1 Å². The standard InChI is InChI=1S/C17H20FN3O2/c1-20-8-6-16(19-20)14-3-2-7-21(11-14)10-13-5-4-12(17(22)23)9-15(13)18/h4-6,8-9,14H,2-3,7,10-11H2,1H3,(H,22,23). The molecule has 2 heterocycles. The summed E-state index contributed by atoms with van der Waals surface area (Å²) in [6.45, 7) is 2.26. The zero-order chi connectivity index (χ0) is 16.4. The molecule has 122 valence electrons. The number of rotatable bonds is 4. The lowest BCUT2D eigenvalue weighted by molar-refractivity contribution is 0.0696. The van der Waals surface area contributed by atoms with Gasteiger partial charge in [0, 0.05) is 37.8 Å². The Kier molecular flexibility index (Phi) is 4.43. The number of likely N-dealkylation sites (tertiary alicyclic amines) is 1. The highest BCUT2D eigenvalue weighted by atomic mass is 19.1. The molecular formula is C17H20FN3O2. The third kappa shape index (κ3) is 3.59. The van der Waals surface area contributed by atoms with Crippen LogP contribution in [0.3, 0.4) is 0 Å². The predicted molar refractivity (Wildman–Crippen MR) is 83.8 cm³/mol. The molecule has 0 aliphatic carbocycles. The van der Waals surface area contributed by atoms with Crippen LogP contribution in [-0.4, -0.2) is 38.8 Å². The predicted octanol–water partition coefficient (Wildman–Crippen LogP) is 2.64. The number of aromatic nitrogens is 2. The summed E-state index contributed by atoms with van der Waals surface area (Å²) in [5.41, 5.74) is 1.60. The summed E-state index contributed by atoms with van der Waals surface area (Å²) in [4.78, 5) is 13.1. The summed E-state index contributed by atoms with van der Waals surface area (Å²) in [6.07, 6.45) is 4.09. The van der Waals surface area contributed by atoms with E-state index in [2.05, 4.69) is 10.00 Å². The van der Waals surface area contributed by atoms with E-state index in [-0.39, 0.29) is 5.56 Å². The fourth-order valence-corrected chi connectivity index (χ4v) is 3.14. The number of hydrogen-bond acceptors (Lipinski definition) is 3. The van der Waals surface area contributed by atoms with Crippen LogP contribution in [0.15, 0.2) is 30.5 Å². The molecule has 2 aromatic rings. The maximum atomic E-state index is 14.1. The van der Waals surface area contributed by atoms with Gasteiger partial charge < -0.3 is 5.11 Å². The maximum absolute atomic E-state index is 14.1. The fourth-order valence-electron chi connectivity index (χ4n) is 3.14. The average molecular weight is 317 g/mol. The molecule has 1 unspecified atom stereocenters. The van der Waals surface area contributed by atoms with E-state index >= 15 is 0 Å². The highest BCUT2D eigenvalue weighted by Gasteiger charge is 2.23. The van der Waals surface area contributed by atoms with Gasteiger partial charge in [-0.05, 0) is 37.6 Å². The van der Waals surface area contributed by atoms with E-state index in [1.54, 1.807) is 10.7 Å². The van der Waals surface area contributed by atoms with Gasteiger partial charge in [-0.3, -0.25) is 9.58 Å². The topological polar surface area (TPSA) is 58.4 Å². The van der Waals surface area contributed by atoms with E-state index in [0.717, 1.165) is 37.7 Å². The number of piperidine rings is 1. The van der Waals surface area contributed by atoms with Crippen molar-refractivity contribution < 1.29 is 14.3 Å². The van der Waals surface area contributed by atoms with Gasteiger partial charge in [0.25, 0.3) is 0 Å². The molecule has 1 N–H and O–H groups in total. The van der Waals surface area contributed by atoms with Crippen LogP contribution in [0, 0.1) is 5.82 Å². The summed E-state index contributed by atoms with van der Waals surface area (Å²) in [6, 6.07) is 6.17. The molecule has 1 saturated heterocycles. The second kappa shape index (κ2) is 6.50. The smallest absolute Gasteiger partial charge is 0.335 e. The molecule has 0 radical (unpaired) electrons. The Labute approximate surface area is 134 Å². The molecule has 0 amide bonds. The first-order chi connectivity index (χ1) is 11.0. The van der Waals surface area contributed by atoms with Crippen molar-refractivity contribution in [2.45, 2.75) is 25.3 Å². The number of aromatic carboxylic acids is 1. The number of carbonyl (C=O) groups is 1. The third-order valence-electron chi connectivity index (χ3n) is 4.35. The second-order valence-electron chi connectivity index (χ2n) is 6.10. The molecular weight excluding hydrogens is 297 g/mol. The Bertz CT molecular complexity index is 714. The van der Waals surface area contributed by atoms with Crippen molar-refractivity contribution in [1.29, 1.82) is 0 Å². The normalized spacial score (nSPS) is 19.0. The highest BCUT2D eigenvalue weighted by molar-refractivity contribution is 5.87. The van der Waals surface area contributed by atoms with Gasteiger partial charge in [0.1, 0.15) is 5.82 Å². The zero-order valence-electron chi connectivity index (χ0n) is 13.1. The molecule has 1 aromatic carbocycles. The number of benzene rings is 1. The molecule has 3 rings (SSSR count). The minimum atomic E-state index is -1.11. The molecule has 0 spiro atoms. The van der Waals surface area contributed by atoms with Crippen LogP contribution in [0.4, 0.5) is 4.39 Å². The lowest BCUT2D eigenvalue weighted by atomic mass is 9.94. The molecule has 23 heavy (non-hydrogen) atoms. The average Bonchev–Trinajstić information content (AvgIpc) is 2.96. The third-order valence-corrected chi connectivity index (χ3v) is 4.35. The van der Waals surface area contributed by atoms with Gasteiger partial charge in [0.2, 0.25) is 0 Å². The van der Waals surface area contributed by atoms with Crippen LogP contribution in [0.25, 0.3) is 0 Å². The van der Waals surface area contributed by atoms with Crippen molar-refractivity contribution in [3.63, 3.8) is 0 Å². The van der Waals surface area contributed by atoms with Crippen molar-refractivity contribution in [3.8, 4) is 0 Å². The number of carboxylic acid groups (broad SMARTS) is 1. The van der Waals surface area contributed by atoms with E-state index in [1.165, 1.54) is 6.07 Å². The summed E-state index contributed by atoms with van der Waals surface area (Å²) in [5, 5.41) is 13.4. The number of aryl methyl sites for hydroxylation is 1. The molecule has 0 saturated carbocycles. The molecule has 6 heteroatoms. The van der Waals surface area contributed by atoms with E-state index in [1.807, 2.05) is 19.3 Å². The monoisotopic (exact) mass is 317 g/mol. The Morgan fingerprint density at radius 2 is 2.26 bits per heavy atom. The van der Waals surface area contributed by atoms with Crippen LogP contribution >= 0.6 is 0 Å². The lowest BCUT2D eigenvalue weighted by Gasteiger charge is -2.32. The largest absolute Gasteiger partial charge is 0.478 e. The quantitative estimate of drug-likeness (QED) is 0.942. The van der Waals surface area contributed by atoms with Crippen LogP contribution in [0.5, 0.6) is 0 Å². The maximum Gasteiger partial charge on any atom is 0.335 e. The summed E-state index contributed by atoms with van der Waals surface area (Å²) in [7, 11) is 1.91. The number of hydrogen-bond donors (Lipinski definition) is 1. The van der Waals surface area contributed by atoms with Crippen LogP contribution < -0.4 is 0 Å². The first-order valence-corrected chi connectivity index (χ1v) is 7.76. The van der Waals surface area contributed by atoms with Gasteiger partial charge in [0.15, 0.2) is 0 Å². The van der Waals surface area contributed by atoms with Gasteiger partial charge >= 0.3 is 5.97 Å². The Morgan fingerprint density at radius 3 is 2.91 bits per heavy atom. The minimum absolute atomic E-state index is 0.0174. The van der Waals surface area contributed by atoms with Crippen LogP contribution in [0.2, 0.25) is 0 Å². The van der Waals surface area contributed by atoms with Crippen molar-refractivity contribution in [1.82, 2.24) is 14.7 Å². The molecule has 1 aliphatic heterocycles. The highest BCUT2D eigenvalue weighted by Crippen LogP contribution is 2.27. The van der Waals surface area contributed by atoms with Gasteiger partial charge in [-0.2, -0.15) is 5.10 Å². The SMILES string of the molecule is Cn1ccc(C2CCCN(Cc3ccc(C(=O)O)cc3F)C2)n1. The van der Waals surface area contributed by atoms with Gasteiger partial charge in [-0.25, -0.2) is 9.18 Å². The number of nitrogens with zero attached hydrogens (tertiary/aromatic N) is 3. The molecule has 0 bridgehead atoms. The fraction of sp³-hybridized carbons (Fsp3) is 0.412. The lowest BCUT2D eigenvalue weighted by Crippen LogP contribution is -2.34. The molecule has 1 atom stereocenters. The Balaban J connectivity index is 1.69. The number of carboxylic acids is 1. The van der Waals surface area contributed by atoms with E-state index < -0.39 is 11.8 Å². The Morgan fingerprint density at radius 1 is 1.43 bits per heavy atom. The van der Waals surface area contributed by atoms with E-state index in [9.17, 15) is 9.18 Å². The van der Waals surface area contributed by atoms with Gasteiger partial charge in [-0.15, -0.1) is 0 Å². The minimum Gasteiger partial charge on any atom is -0.478 e. The first-order valence-electron chi connectivity index (χ1n) is 7.76. The van der Waals surface area contributed by atoms with Gasteiger partial charge in [-0.1, -0.05) is 6.07 Å². The van der Waals surface area contributed by atoms with Crippen LogP contribution in [-0.2, 0) is 13.6 Å². The van der Waals surface area contributed by atoms with E-state index in [0.29, 0.717) is 18.0 Å². The number of halogens is 1. The van der Waals surface area contributed by atoms with Crippen LogP contribution in [0.1, 0.15) is 40.4 Å². The van der Waals surface area contributed by atoms with E-state index in [4.69, 9.17) is 5.11 Å². The van der Waals surface area contributed by atoms with Crippen molar-refractivity contribution >= 4 is 5.97 Å². The summed E-state index contributed by atoms with van der Waals surface area (Å²) in [5.74, 6) is -1.19. The Hall–Kier alpha value is -2.21. The zero-order valence-corrected chi connectivity index (χ0v) is 13.1. The second-order valence-corrected chi connectivity index (χ2v) is 6.10. The van der Waals surface area contributed by atoms with Gasteiger partial charge in [0.05, 0.1) is 11.3 Å². The molecule has 1 aromatic heterocycles. The molecule has 5 nitrogen and oxygen atoms in total. The summed E-state index contributed by atoms with van der Waals surface area (Å²) >= 11 is 0. The first kappa shape index (κ1) is 15.7. The molecule has 1 fully saturated rings. The molecule has 1 aliphatic rings. The van der Waals surface area contributed by atoms with Crippen molar-refractivity contribution in [2.24, 2.45) is 7.05 Å². The van der Waals surface area contributed by atoms with Crippen molar-refractivity contribution in [2.75, 3.05) is 13.1 Å².